The topological polar surface area (TPSA) is 359 Å². The van der Waals surface area contributed by atoms with Crippen LogP contribution in [0.1, 0.15) is 174 Å². The van der Waals surface area contributed by atoms with Crippen LogP contribution in [-0.4, -0.2) is 169 Å². The van der Waals surface area contributed by atoms with Gasteiger partial charge in [0.2, 0.25) is 35.4 Å². The van der Waals surface area contributed by atoms with Gasteiger partial charge in [-0.2, -0.15) is 16.8 Å². The second-order valence-corrected chi connectivity index (χ2v) is 35.5. The summed E-state index contributed by atoms with van der Waals surface area (Å²) < 4.78 is 99.9. The first-order chi connectivity index (χ1) is 48.2. The molecule has 0 unspecified atom stereocenters. The Kier molecular flexibility index (Phi) is 22.7. The SMILES string of the molecule is C=C[C@@H]1C[C@]1(NC(=O)[C@@H]1C[C@@H](Oc2nccc3cc(OC)ccc23)CN1C(=O)[C@@H](CC(=O)OC(C)(C)C)C(C)(C)C)C(=O)NS(=O)(=O)OC1(C)CC1.CC[C@@H]1C[C@]1(NC(=O)[C@@H]1C[C@@H](Oc2nccc3cc(OC)ccc23)CN1C(=O)[C@@H](CC(=O)OC(C)(C)C)C(C)(C)C)C(=O)NS(=O)(=O)OC1(C)CC1. The van der Waals surface area contributed by atoms with Gasteiger partial charge in [0.05, 0.1) is 63.2 Å². The molecule has 2 aliphatic heterocycles. The maximum atomic E-state index is 14.5. The van der Waals surface area contributed by atoms with E-state index in [1.54, 1.807) is 100 Å². The van der Waals surface area contributed by atoms with Crippen LogP contribution in [0.3, 0.4) is 0 Å². The molecule has 2 aromatic carbocycles. The van der Waals surface area contributed by atoms with Crippen molar-refractivity contribution in [3.63, 3.8) is 0 Å². The van der Waals surface area contributed by atoms with Crippen molar-refractivity contribution in [2.45, 2.75) is 232 Å². The highest BCUT2D eigenvalue weighted by atomic mass is 32.2. The van der Waals surface area contributed by atoms with Crippen molar-refractivity contribution in [3.8, 4) is 23.3 Å². The quantitative estimate of drug-likeness (QED) is 0.0340. The van der Waals surface area contributed by atoms with E-state index in [0.717, 1.165) is 10.8 Å². The Balaban J connectivity index is 0.000000241. The van der Waals surface area contributed by atoms with Gasteiger partial charge in [0.15, 0.2) is 0 Å². The fourth-order valence-electron chi connectivity index (χ4n) is 13.2. The first-order valence-electron chi connectivity index (χ1n) is 35.2. The van der Waals surface area contributed by atoms with Crippen molar-refractivity contribution in [1.82, 2.24) is 39.8 Å². The first-order valence-corrected chi connectivity index (χ1v) is 38.0. The van der Waals surface area contributed by atoms with E-state index in [1.807, 2.05) is 88.2 Å². The van der Waals surface area contributed by atoms with Crippen molar-refractivity contribution in [2.75, 3.05) is 27.3 Å². The third-order valence-electron chi connectivity index (χ3n) is 19.8. The number of carbonyl (C=O) groups excluding carboxylic acids is 8. The molecule has 4 aromatic rings. The second-order valence-electron chi connectivity index (χ2n) is 32.9. The summed E-state index contributed by atoms with van der Waals surface area (Å²) in [6, 6.07) is 12.2. The number of methoxy groups -OCH3 is 2. The van der Waals surface area contributed by atoms with Gasteiger partial charge >= 0.3 is 32.5 Å². The van der Waals surface area contributed by atoms with E-state index in [4.69, 9.17) is 36.8 Å². The molecule has 6 fully saturated rings. The van der Waals surface area contributed by atoms with Crippen molar-refractivity contribution < 1.29 is 92.0 Å². The standard InChI is InChI=1S/C37H52N4O10S.C37H50N4O10S/c2*1-10-23-20-37(23,33(45)40-52(46,47)51-36(8)14-15-36)39-30(43)28-18-25(49-31-26-12-11-24(48-9)17-22(26)13-16-38-31)21-41(28)32(44)27(34(2,3)4)19-29(42)50-35(5,6)7/h11-13,16-17,23,25,27-28H,10,14-15,18-21H2,1-9H3,(H,39,43)(H,40,45);10-13,16-17,23,25,27-28H,1,14-15,18-21H2,2-9H3,(H,39,43)(H,40,45)/t2*23-,25-,27-,28+,37-/m11/s1. The Morgan fingerprint density at radius 2 is 0.971 bits per heavy atom. The van der Waals surface area contributed by atoms with Crippen molar-refractivity contribution in [1.29, 1.82) is 0 Å². The van der Waals surface area contributed by atoms with Crippen LogP contribution in [-0.2, 0) is 76.8 Å². The van der Waals surface area contributed by atoms with E-state index in [9.17, 15) is 55.2 Å². The van der Waals surface area contributed by atoms with Gasteiger partial charge in [0, 0.05) is 41.9 Å². The summed E-state index contributed by atoms with van der Waals surface area (Å²) in [6.45, 7) is 30.3. The molecule has 4 saturated carbocycles. The van der Waals surface area contributed by atoms with Crippen molar-refractivity contribution in [3.05, 3.63) is 73.6 Å². The summed E-state index contributed by atoms with van der Waals surface area (Å²) in [5.74, 6) is -5.99. The second kappa shape index (κ2) is 29.6. The number of ether oxygens (including phenoxy) is 6. The molecule has 10 atom stereocenters. The maximum absolute atomic E-state index is 14.5. The molecule has 104 heavy (non-hydrogen) atoms. The predicted octanol–water partition coefficient (Wildman–Crippen LogP) is 8.18. The largest absolute Gasteiger partial charge is 0.497 e. The summed E-state index contributed by atoms with van der Waals surface area (Å²) in [7, 11) is -5.78. The normalized spacial score (nSPS) is 24.4. The highest BCUT2D eigenvalue weighted by molar-refractivity contribution is 7.85. The van der Waals surface area contributed by atoms with Gasteiger partial charge < -0.3 is 48.9 Å². The van der Waals surface area contributed by atoms with Crippen LogP contribution in [0, 0.1) is 34.5 Å². The van der Waals surface area contributed by atoms with Crippen LogP contribution in [0.15, 0.2) is 73.6 Å². The van der Waals surface area contributed by atoms with E-state index >= 15 is 0 Å². The lowest BCUT2D eigenvalue weighted by Crippen LogP contribution is -2.57. The number of hydrogen-bond donors (Lipinski definition) is 4. The number of amides is 6. The number of benzene rings is 2. The number of nitrogens with zero attached hydrogens (tertiary/aromatic N) is 4. The minimum Gasteiger partial charge on any atom is -0.497 e. The lowest BCUT2D eigenvalue weighted by Gasteiger charge is -2.35. The molecule has 0 bridgehead atoms. The minimum absolute atomic E-state index is 0.0107. The predicted molar refractivity (Wildman–Crippen MR) is 382 cm³/mol. The Hall–Kier alpha value is -8.22. The Morgan fingerprint density at radius 1 is 0.587 bits per heavy atom. The molecule has 10 rings (SSSR count). The molecule has 6 aliphatic rings. The summed E-state index contributed by atoms with van der Waals surface area (Å²) in [5.41, 5.74) is -7.86. The highest BCUT2D eigenvalue weighted by Gasteiger charge is 2.64. The Bertz CT molecular complexity index is 4230. The summed E-state index contributed by atoms with van der Waals surface area (Å²) in [5, 5.41) is 8.61. The molecule has 30 heteroatoms. The molecule has 4 heterocycles. The number of nitrogens with one attached hydrogen (secondary N) is 4. The third-order valence-corrected chi connectivity index (χ3v) is 21.9. The summed E-state index contributed by atoms with van der Waals surface area (Å²) >= 11 is 0. The van der Waals surface area contributed by atoms with E-state index in [0.29, 0.717) is 66.1 Å². The zero-order chi connectivity index (χ0) is 76.9. The Morgan fingerprint density at radius 3 is 1.30 bits per heavy atom. The zero-order valence-electron chi connectivity index (χ0n) is 62.6. The van der Waals surface area contributed by atoms with Gasteiger partial charge in [-0.15, -0.1) is 6.58 Å². The first kappa shape index (κ1) is 79.9. The van der Waals surface area contributed by atoms with E-state index in [2.05, 4.69) is 27.2 Å². The summed E-state index contributed by atoms with van der Waals surface area (Å²) in [4.78, 5) is 122. The van der Waals surface area contributed by atoms with Gasteiger partial charge in [-0.1, -0.05) is 61.0 Å². The average molecular weight is 1490 g/mol. The molecule has 0 spiro atoms. The number of fused-ring (bicyclic) bond motifs is 2. The van der Waals surface area contributed by atoms with E-state index in [-0.39, 0.29) is 57.5 Å². The van der Waals surface area contributed by atoms with Crippen molar-refractivity contribution in [2.24, 2.45) is 34.5 Å². The zero-order valence-corrected chi connectivity index (χ0v) is 64.3. The van der Waals surface area contributed by atoms with Gasteiger partial charge in [0.1, 0.15) is 58.1 Å². The highest BCUT2D eigenvalue weighted by Crippen LogP contribution is 2.49. The van der Waals surface area contributed by atoms with E-state index < -0.39 is 154 Å². The molecule has 6 amide bonds. The number of rotatable bonds is 26. The molecule has 4 aliphatic carbocycles. The molecule has 28 nitrogen and oxygen atoms in total. The summed E-state index contributed by atoms with van der Waals surface area (Å²) in [6.07, 6.45) is 5.79. The van der Waals surface area contributed by atoms with Gasteiger partial charge in [0.25, 0.3) is 11.8 Å². The lowest BCUT2D eigenvalue weighted by molar-refractivity contribution is -0.161. The van der Waals surface area contributed by atoms with Gasteiger partial charge in [-0.05, 0) is 170 Å². The molecule has 570 valence electrons. The smallest absolute Gasteiger partial charge is 0.362 e. The van der Waals surface area contributed by atoms with Gasteiger partial charge in [-0.25, -0.2) is 27.8 Å². The number of pyridine rings is 2. The number of esters is 2. The van der Waals surface area contributed by atoms with Crippen LogP contribution >= 0.6 is 0 Å². The fraction of sp³-hybridized carbons (Fsp3) is 0.622. The number of carbonyl (C=O) groups is 8. The number of aromatic nitrogens is 2. The lowest BCUT2D eigenvalue weighted by atomic mass is 9.77. The molecule has 0 radical (unpaired) electrons. The Labute approximate surface area is 609 Å². The average Bonchev–Trinajstić information content (AvgIpc) is 1.58. The maximum Gasteiger partial charge on any atom is 0.362 e. The molecular weight excluding hydrogens is 1380 g/mol. The molecule has 4 N–H and O–H groups in total. The van der Waals surface area contributed by atoms with Crippen LogP contribution in [0.2, 0.25) is 0 Å². The van der Waals surface area contributed by atoms with Crippen LogP contribution in [0.25, 0.3) is 21.5 Å². The molecular formula is C74H102N8O20S2. The number of hydrogen-bond acceptors (Lipinski definition) is 22. The third kappa shape index (κ3) is 19.4. The van der Waals surface area contributed by atoms with Crippen LogP contribution < -0.4 is 39.0 Å². The molecule has 2 aromatic heterocycles. The monoisotopic (exact) mass is 1490 g/mol. The van der Waals surface area contributed by atoms with Crippen molar-refractivity contribution >= 4 is 89.5 Å². The van der Waals surface area contributed by atoms with Crippen LogP contribution in [0.5, 0.6) is 23.3 Å². The number of likely N-dealkylation sites (tertiary alicyclic amines) is 2. The minimum atomic E-state index is -4.48. The van der Waals surface area contributed by atoms with E-state index in [1.165, 1.54) is 15.9 Å². The molecule has 2 saturated heterocycles. The van der Waals surface area contributed by atoms with Gasteiger partial charge in [-0.3, -0.25) is 38.4 Å². The fourth-order valence-corrected chi connectivity index (χ4v) is 15.5. The van der Waals surface area contributed by atoms with Crippen LogP contribution in [0.4, 0.5) is 0 Å².